The van der Waals surface area contributed by atoms with E-state index in [0.29, 0.717) is 40.7 Å². The molecule has 188 valence electrons. The molecule has 1 amide bonds. The first kappa shape index (κ1) is 22.4. The van der Waals surface area contributed by atoms with Crippen LogP contribution in [0.25, 0.3) is 33.5 Å². The van der Waals surface area contributed by atoms with Gasteiger partial charge in [-0.3, -0.25) is 4.79 Å². The summed E-state index contributed by atoms with van der Waals surface area (Å²) in [5.74, 6) is 3.45. The fourth-order valence-electron chi connectivity index (χ4n) is 6.81. The smallest absolute Gasteiger partial charge is 0.254 e. The summed E-state index contributed by atoms with van der Waals surface area (Å²) in [6.45, 7) is 4.07. The summed E-state index contributed by atoms with van der Waals surface area (Å²) in [7, 11) is 3.67. The summed E-state index contributed by atoms with van der Waals surface area (Å²) in [5.41, 5.74) is 5.09. The topological polar surface area (TPSA) is 76.1 Å². The normalized spacial score (nSPS) is 22.8. The van der Waals surface area contributed by atoms with Crippen molar-refractivity contribution < 1.29 is 9.53 Å². The average molecular weight is 494 g/mol. The number of imidazole rings is 1. The number of likely N-dealkylation sites (tertiary alicyclic amines) is 1. The third kappa shape index (κ3) is 3.38. The van der Waals surface area contributed by atoms with E-state index in [4.69, 9.17) is 9.72 Å². The number of ether oxygens (including phenoxy) is 1. The van der Waals surface area contributed by atoms with E-state index in [2.05, 4.69) is 33.1 Å². The van der Waals surface area contributed by atoms with Crippen molar-refractivity contribution in [1.82, 2.24) is 19.0 Å². The molecule has 7 heteroatoms. The summed E-state index contributed by atoms with van der Waals surface area (Å²) >= 11 is 0. The van der Waals surface area contributed by atoms with E-state index in [1.54, 1.807) is 7.11 Å². The second-order valence-corrected chi connectivity index (χ2v) is 11.2. The number of benzene rings is 2. The Morgan fingerprint density at radius 1 is 1.16 bits per heavy atom. The second kappa shape index (κ2) is 8.11. The highest BCUT2D eigenvalue weighted by Crippen LogP contribution is 2.43. The van der Waals surface area contributed by atoms with Crippen LogP contribution in [-0.4, -0.2) is 44.6 Å². The predicted molar refractivity (Wildman–Crippen MR) is 142 cm³/mol. The van der Waals surface area contributed by atoms with Crippen LogP contribution in [-0.2, 0) is 13.6 Å². The molecule has 0 spiro atoms. The zero-order chi connectivity index (χ0) is 25.4. The van der Waals surface area contributed by atoms with E-state index in [9.17, 15) is 10.1 Å². The first-order valence-corrected chi connectivity index (χ1v) is 13.4. The Labute approximate surface area is 216 Å². The zero-order valence-corrected chi connectivity index (χ0v) is 21.6. The molecule has 4 aromatic rings. The summed E-state index contributed by atoms with van der Waals surface area (Å²) in [5, 5.41) is 10.5. The highest BCUT2D eigenvalue weighted by atomic mass is 16.5. The molecule has 3 heterocycles. The van der Waals surface area contributed by atoms with Crippen molar-refractivity contribution in [2.45, 2.75) is 45.2 Å². The molecular weight excluding hydrogens is 462 g/mol. The second-order valence-electron chi connectivity index (χ2n) is 11.2. The van der Waals surface area contributed by atoms with E-state index >= 15 is 0 Å². The minimum atomic E-state index is 0.0818. The molecule has 37 heavy (non-hydrogen) atoms. The molecule has 3 atom stereocenters. The van der Waals surface area contributed by atoms with Gasteiger partial charge < -0.3 is 18.8 Å². The Kier molecular flexibility index (Phi) is 4.91. The van der Waals surface area contributed by atoms with E-state index < -0.39 is 0 Å². The van der Waals surface area contributed by atoms with Crippen LogP contribution in [0.15, 0.2) is 36.4 Å². The number of rotatable bonds is 5. The molecule has 1 saturated heterocycles. The number of nitriles is 1. The molecule has 3 aliphatic rings. The van der Waals surface area contributed by atoms with Crippen LogP contribution >= 0.6 is 0 Å². The first-order valence-electron chi connectivity index (χ1n) is 13.4. The lowest BCUT2D eigenvalue weighted by Gasteiger charge is -2.27. The summed E-state index contributed by atoms with van der Waals surface area (Å²) < 4.78 is 10.2. The van der Waals surface area contributed by atoms with Crippen LogP contribution in [0.4, 0.5) is 0 Å². The van der Waals surface area contributed by atoms with Gasteiger partial charge in [0.1, 0.15) is 11.3 Å². The van der Waals surface area contributed by atoms with Crippen molar-refractivity contribution >= 4 is 27.8 Å². The van der Waals surface area contributed by atoms with E-state index in [1.165, 1.54) is 19.3 Å². The average Bonchev–Trinajstić information content (AvgIpc) is 3.32. The number of hydrogen-bond acceptors (Lipinski definition) is 4. The summed E-state index contributed by atoms with van der Waals surface area (Å²) in [6.07, 6.45) is 4.82. The number of nitrogens with zero attached hydrogens (tertiary/aromatic N) is 5. The lowest BCUT2D eigenvalue weighted by Crippen LogP contribution is -2.38. The molecule has 3 fully saturated rings. The number of fused-ring (bicyclic) bond motifs is 4. The molecule has 1 aliphatic heterocycles. The number of piperidine rings is 1. The third-order valence-corrected chi connectivity index (χ3v) is 9.07. The van der Waals surface area contributed by atoms with Gasteiger partial charge >= 0.3 is 0 Å². The van der Waals surface area contributed by atoms with E-state index in [-0.39, 0.29) is 5.91 Å². The molecule has 2 aliphatic carbocycles. The Morgan fingerprint density at radius 3 is 2.68 bits per heavy atom. The summed E-state index contributed by atoms with van der Waals surface area (Å²) in [4.78, 5) is 20.8. The van der Waals surface area contributed by atoms with Crippen molar-refractivity contribution in [2.75, 3.05) is 13.7 Å². The van der Waals surface area contributed by atoms with Gasteiger partial charge in [-0.05, 0) is 79.8 Å². The van der Waals surface area contributed by atoms with Crippen LogP contribution < -0.4 is 4.74 Å². The van der Waals surface area contributed by atoms with Gasteiger partial charge in [-0.2, -0.15) is 5.26 Å². The first-order chi connectivity index (χ1) is 18.0. The number of aromatic nitrogens is 3. The standard InChI is InChI=1S/C30H31N5O2/c1-17-20-7-9-24(17)35(16-20)30(36)22-11-23-28(27(13-22)37-3)33(2)29(32-23)26-12-21-10-19(14-31)6-8-25(21)34(26)15-18-4-5-18/h6,8,10-13,17-18,20,24H,4-5,7,9,15-16H2,1-3H3. The van der Waals surface area contributed by atoms with Crippen LogP contribution in [0, 0.1) is 29.1 Å². The zero-order valence-electron chi connectivity index (χ0n) is 21.6. The van der Waals surface area contributed by atoms with Gasteiger partial charge in [-0.1, -0.05) is 6.92 Å². The lowest BCUT2D eigenvalue weighted by atomic mass is 10.0. The van der Waals surface area contributed by atoms with Crippen molar-refractivity contribution in [3.63, 3.8) is 0 Å². The number of aryl methyl sites for hydroxylation is 1. The molecule has 2 aromatic carbocycles. The molecule has 2 saturated carbocycles. The Hall–Kier alpha value is -3.79. The summed E-state index contributed by atoms with van der Waals surface area (Å²) in [6, 6.07) is 14.4. The molecule has 7 nitrogen and oxygen atoms in total. The van der Waals surface area contributed by atoms with Gasteiger partial charge in [0, 0.05) is 42.6 Å². The van der Waals surface area contributed by atoms with Gasteiger partial charge in [0.2, 0.25) is 0 Å². The van der Waals surface area contributed by atoms with Crippen LogP contribution in [0.2, 0.25) is 0 Å². The van der Waals surface area contributed by atoms with E-state index in [0.717, 1.165) is 53.0 Å². The largest absolute Gasteiger partial charge is 0.494 e. The molecule has 0 radical (unpaired) electrons. The van der Waals surface area contributed by atoms with Crippen LogP contribution in [0.5, 0.6) is 5.75 Å². The Balaban J connectivity index is 1.35. The molecule has 0 N–H and O–H groups in total. The quantitative estimate of drug-likeness (QED) is 0.375. The number of methoxy groups -OCH3 is 1. The number of amides is 1. The maximum atomic E-state index is 13.6. The maximum absolute atomic E-state index is 13.6. The molecule has 3 unspecified atom stereocenters. The van der Waals surface area contributed by atoms with E-state index in [1.807, 2.05) is 37.4 Å². The van der Waals surface area contributed by atoms with Gasteiger partial charge in [0.15, 0.2) is 5.82 Å². The minimum absolute atomic E-state index is 0.0818. The lowest BCUT2D eigenvalue weighted by molar-refractivity contribution is 0.0696. The Bertz CT molecular complexity index is 1620. The maximum Gasteiger partial charge on any atom is 0.254 e. The van der Waals surface area contributed by atoms with Gasteiger partial charge in [0.25, 0.3) is 5.91 Å². The van der Waals surface area contributed by atoms with Crippen LogP contribution in [0.1, 0.15) is 48.5 Å². The van der Waals surface area contributed by atoms with Gasteiger partial charge in [-0.25, -0.2) is 4.98 Å². The molecule has 2 aromatic heterocycles. The third-order valence-electron chi connectivity index (χ3n) is 9.07. The van der Waals surface area contributed by atoms with Gasteiger partial charge in [-0.15, -0.1) is 0 Å². The number of carbonyl (C=O) groups excluding carboxylic acids is 1. The fraction of sp³-hybridized carbons (Fsp3) is 0.433. The Morgan fingerprint density at radius 2 is 2.00 bits per heavy atom. The predicted octanol–water partition coefficient (Wildman–Crippen LogP) is 5.36. The molecule has 7 rings (SSSR count). The highest BCUT2D eigenvalue weighted by molar-refractivity contribution is 6.00. The van der Waals surface area contributed by atoms with Crippen LogP contribution in [0.3, 0.4) is 0 Å². The minimum Gasteiger partial charge on any atom is -0.494 e. The monoisotopic (exact) mass is 493 g/mol. The van der Waals surface area contributed by atoms with Crippen molar-refractivity contribution in [2.24, 2.45) is 24.8 Å². The van der Waals surface area contributed by atoms with Crippen molar-refractivity contribution in [1.29, 1.82) is 5.26 Å². The van der Waals surface area contributed by atoms with Gasteiger partial charge in [0.05, 0.1) is 30.0 Å². The number of hydrogen-bond donors (Lipinski definition) is 0. The highest BCUT2D eigenvalue weighted by Gasteiger charge is 2.46. The fourth-order valence-corrected chi connectivity index (χ4v) is 6.81. The molecule has 2 bridgehead atoms. The SMILES string of the molecule is COc1cc(C(=O)N2CC3CCC2C3C)cc2nc(-c3cc4cc(C#N)ccc4n3CC3CC3)n(C)c12. The molecular formula is C30H31N5O2. The van der Waals surface area contributed by atoms with Crippen molar-refractivity contribution in [3.05, 3.63) is 47.5 Å². The van der Waals surface area contributed by atoms with Crippen molar-refractivity contribution in [3.8, 4) is 23.3 Å². The number of carbonyl (C=O) groups is 1.